The van der Waals surface area contributed by atoms with Crippen LogP contribution in [0.1, 0.15) is 41.6 Å². The van der Waals surface area contributed by atoms with Crippen LogP contribution in [-0.4, -0.2) is 37.2 Å². The minimum absolute atomic E-state index is 0.0164. The van der Waals surface area contributed by atoms with Gasteiger partial charge in [-0.05, 0) is 67.6 Å². The Kier molecular flexibility index (Phi) is 5.19. The largest absolute Gasteiger partial charge is 0.490 e. The molecular weight excluding hydrogens is 342 g/mol. The molecule has 5 nitrogen and oxygen atoms in total. The van der Waals surface area contributed by atoms with Crippen LogP contribution in [0.25, 0.3) is 0 Å². The third kappa shape index (κ3) is 4.18. The van der Waals surface area contributed by atoms with Gasteiger partial charge in [-0.15, -0.1) is 0 Å². The van der Waals surface area contributed by atoms with Gasteiger partial charge in [0.15, 0.2) is 11.5 Å². The zero-order valence-electron chi connectivity index (χ0n) is 15.6. The van der Waals surface area contributed by atoms with Gasteiger partial charge in [0.05, 0.1) is 6.10 Å². The van der Waals surface area contributed by atoms with E-state index in [1.165, 1.54) is 12.8 Å². The van der Waals surface area contributed by atoms with Gasteiger partial charge in [-0.1, -0.05) is 6.07 Å². The Morgan fingerprint density at radius 3 is 2.48 bits per heavy atom. The van der Waals surface area contributed by atoms with Crippen LogP contribution in [0.3, 0.4) is 0 Å². The minimum atomic E-state index is -0.0164. The van der Waals surface area contributed by atoms with Gasteiger partial charge < -0.3 is 19.1 Å². The van der Waals surface area contributed by atoms with E-state index in [9.17, 15) is 4.79 Å². The van der Waals surface area contributed by atoms with Gasteiger partial charge in [-0.25, -0.2) is 0 Å². The van der Waals surface area contributed by atoms with Crippen molar-refractivity contribution in [2.75, 3.05) is 20.3 Å². The summed E-state index contributed by atoms with van der Waals surface area (Å²) in [5.74, 6) is 2.33. The van der Waals surface area contributed by atoms with E-state index in [1.54, 1.807) is 4.90 Å². The van der Waals surface area contributed by atoms with Crippen LogP contribution in [-0.2, 0) is 6.54 Å². The van der Waals surface area contributed by atoms with Crippen molar-refractivity contribution in [3.63, 3.8) is 0 Å². The molecular formula is C22H25NO4. The minimum Gasteiger partial charge on any atom is -0.490 e. The molecule has 142 valence electrons. The molecule has 0 unspecified atom stereocenters. The molecule has 0 radical (unpaired) electrons. The summed E-state index contributed by atoms with van der Waals surface area (Å²) >= 11 is 0. The summed E-state index contributed by atoms with van der Waals surface area (Å²) in [4.78, 5) is 14.4. The molecule has 1 amide bonds. The Labute approximate surface area is 159 Å². The predicted octanol–water partition coefficient (Wildman–Crippen LogP) is 4.05. The summed E-state index contributed by atoms with van der Waals surface area (Å²) in [6.45, 7) is 1.64. The van der Waals surface area contributed by atoms with Crippen molar-refractivity contribution in [2.24, 2.45) is 0 Å². The standard InChI is InChI=1S/C22H25NO4/c1-23(15-16-6-11-20-21(14-16)26-13-12-25-20)22(24)17-7-9-19(10-8-17)27-18-4-2-3-5-18/h6-11,14,18H,2-5,12-13,15H2,1H3. The maximum atomic E-state index is 12.7. The number of ether oxygens (including phenoxy) is 3. The van der Waals surface area contributed by atoms with Crippen LogP contribution in [0.4, 0.5) is 0 Å². The fourth-order valence-electron chi connectivity index (χ4n) is 3.63. The quantitative estimate of drug-likeness (QED) is 0.800. The lowest BCUT2D eigenvalue weighted by atomic mass is 10.1. The van der Waals surface area contributed by atoms with Crippen LogP contribution < -0.4 is 14.2 Å². The second kappa shape index (κ2) is 7.91. The maximum Gasteiger partial charge on any atom is 0.253 e. The molecule has 5 heteroatoms. The lowest BCUT2D eigenvalue weighted by Gasteiger charge is -2.21. The summed E-state index contributed by atoms with van der Waals surface area (Å²) in [5, 5.41) is 0. The zero-order valence-corrected chi connectivity index (χ0v) is 15.6. The number of rotatable bonds is 5. The number of hydrogen-bond acceptors (Lipinski definition) is 4. The van der Waals surface area contributed by atoms with Gasteiger partial charge in [0.1, 0.15) is 19.0 Å². The first-order valence-corrected chi connectivity index (χ1v) is 9.60. The first kappa shape index (κ1) is 17.7. The number of carbonyl (C=O) groups is 1. The van der Waals surface area contributed by atoms with Crippen LogP contribution in [0, 0.1) is 0 Å². The SMILES string of the molecule is CN(Cc1ccc2c(c1)OCCO2)C(=O)c1ccc(OC2CCCC2)cc1. The summed E-state index contributed by atoms with van der Waals surface area (Å²) in [6.07, 6.45) is 5.06. The Bertz CT molecular complexity index is 796. The first-order valence-electron chi connectivity index (χ1n) is 9.60. The van der Waals surface area contributed by atoms with Gasteiger partial charge >= 0.3 is 0 Å². The highest BCUT2D eigenvalue weighted by molar-refractivity contribution is 5.94. The third-order valence-electron chi connectivity index (χ3n) is 5.08. The Hall–Kier alpha value is -2.69. The second-order valence-electron chi connectivity index (χ2n) is 7.19. The van der Waals surface area contributed by atoms with Crippen LogP contribution in [0.15, 0.2) is 42.5 Å². The van der Waals surface area contributed by atoms with Gasteiger partial charge in [0.25, 0.3) is 5.91 Å². The van der Waals surface area contributed by atoms with Crippen LogP contribution in [0.2, 0.25) is 0 Å². The Morgan fingerprint density at radius 2 is 1.74 bits per heavy atom. The van der Waals surface area contributed by atoms with Crippen molar-refractivity contribution in [1.29, 1.82) is 0 Å². The fraction of sp³-hybridized carbons (Fsp3) is 0.409. The van der Waals surface area contributed by atoms with E-state index < -0.39 is 0 Å². The molecule has 1 saturated carbocycles. The number of amides is 1. The predicted molar refractivity (Wildman–Crippen MR) is 103 cm³/mol. The molecule has 4 rings (SSSR count). The number of fused-ring (bicyclic) bond motifs is 1. The van der Waals surface area contributed by atoms with Crippen molar-refractivity contribution < 1.29 is 19.0 Å². The Morgan fingerprint density at radius 1 is 1.04 bits per heavy atom. The average Bonchev–Trinajstić information content (AvgIpc) is 3.21. The van der Waals surface area contributed by atoms with Crippen molar-refractivity contribution in [3.8, 4) is 17.2 Å². The topological polar surface area (TPSA) is 48.0 Å². The van der Waals surface area contributed by atoms with E-state index >= 15 is 0 Å². The smallest absolute Gasteiger partial charge is 0.253 e. The molecule has 0 atom stereocenters. The highest BCUT2D eigenvalue weighted by Gasteiger charge is 2.18. The lowest BCUT2D eigenvalue weighted by molar-refractivity contribution is 0.0784. The van der Waals surface area contributed by atoms with Crippen molar-refractivity contribution in [2.45, 2.75) is 38.3 Å². The van der Waals surface area contributed by atoms with Crippen molar-refractivity contribution in [1.82, 2.24) is 4.90 Å². The van der Waals surface area contributed by atoms with Gasteiger partial charge in [-0.3, -0.25) is 4.79 Å². The monoisotopic (exact) mass is 367 g/mol. The second-order valence-corrected chi connectivity index (χ2v) is 7.19. The molecule has 1 fully saturated rings. The molecule has 0 aromatic heterocycles. The molecule has 2 aromatic carbocycles. The summed E-state index contributed by atoms with van der Waals surface area (Å²) < 4.78 is 17.1. The number of carbonyl (C=O) groups excluding carboxylic acids is 1. The summed E-state index contributed by atoms with van der Waals surface area (Å²) in [5.41, 5.74) is 1.67. The first-order chi connectivity index (χ1) is 13.2. The lowest BCUT2D eigenvalue weighted by Crippen LogP contribution is -2.26. The van der Waals surface area contributed by atoms with E-state index in [0.29, 0.717) is 31.4 Å². The molecule has 1 aliphatic carbocycles. The molecule has 27 heavy (non-hydrogen) atoms. The maximum absolute atomic E-state index is 12.7. The highest BCUT2D eigenvalue weighted by Crippen LogP contribution is 2.31. The molecule has 0 saturated heterocycles. The van der Waals surface area contributed by atoms with Gasteiger partial charge in [-0.2, -0.15) is 0 Å². The summed E-state index contributed by atoms with van der Waals surface area (Å²) in [6, 6.07) is 13.3. The normalized spacial score (nSPS) is 16.2. The summed E-state index contributed by atoms with van der Waals surface area (Å²) in [7, 11) is 1.81. The highest BCUT2D eigenvalue weighted by atomic mass is 16.6. The molecule has 1 aliphatic heterocycles. The molecule has 0 bridgehead atoms. The van der Waals surface area contributed by atoms with E-state index in [1.807, 2.05) is 49.5 Å². The number of benzene rings is 2. The Balaban J connectivity index is 1.38. The molecule has 0 N–H and O–H groups in total. The van der Waals surface area contributed by atoms with E-state index in [4.69, 9.17) is 14.2 Å². The molecule has 2 aliphatic rings. The number of nitrogens with zero attached hydrogens (tertiary/aromatic N) is 1. The van der Waals surface area contributed by atoms with Crippen molar-refractivity contribution >= 4 is 5.91 Å². The van der Waals surface area contributed by atoms with E-state index in [-0.39, 0.29) is 5.91 Å². The van der Waals surface area contributed by atoms with Gasteiger partial charge in [0, 0.05) is 19.2 Å². The van der Waals surface area contributed by atoms with E-state index in [2.05, 4.69) is 0 Å². The van der Waals surface area contributed by atoms with Crippen LogP contribution in [0.5, 0.6) is 17.2 Å². The van der Waals surface area contributed by atoms with Gasteiger partial charge in [0.2, 0.25) is 0 Å². The zero-order chi connectivity index (χ0) is 18.6. The molecule has 0 spiro atoms. The fourth-order valence-corrected chi connectivity index (χ4v) is 3.63. The molecule has 1 heterocycles. The number of hydrogen-bond donors (Lipinski definition) is 0. The third-order valence-corrected chi connectivity index (χ3v) is 5.08. The molecule has 2 aromatic rings. The average molecular weight is 367 g/mol. The van der Waals surface area contributed by atoms with Crippen LogP contribution >= 0.6 is 0 Å². The van der Waals surface area contributed by atoms with E-state index in [0.717, 1.165) is 35.7 Å². The van der Waals surface area contributed by atoms with Crippen molar-refractivity contribution in [3.05, 3.63) is 53.6 Å².